The lowest BCUT2D eigenvalue weighted by Gasteiger charge is -2.31. The zero-order valence-electron chi connectivity index (χ0n) is 13.9. The van der Waals surface area contributed by atoms with Crippen LogP contribution in [0, 0.1) is 12.8 Å². The molecule has 0 aromatic carbocycles. The predicted octanol–water partition coefficient (Wildman–Crippen LogP) is 2.33. The molecule has 1 fully saturated rings. The van der Waals surface area contributed by atoms with Crippen LogP contribution in [0.1, 0.15) is 34.9 Å². The normalized spacial score (nSPS) is 16.2. The van der Waals surface area contributed by atoms with Crippen molar-refractivity contribution in [3.05, 3.63) is 47.7 Å². The lowest BCUT2D eigenvalue weighted by atomic mass is 9.96. The Morgan fingerprint density at radius 3 is 2.83 bits per heavy atom. The van der Waals surface area contributed by atoms with Crippen LogP contribution in [-0.2, 0) is 6.54 Å². The van der Waals surface area contributed by atoms with Gasteiger partial charge in [-0.2, -0.15) is 0 Å². The second-order valence-electron chi connectivity index (χ2n) is 6.31. The van der Waals surface area contributed by atoms with E-state index in [0.717, 1.165) is 44.0 Å². The maximum Gasteiger partial charge on any atom is 0.273 e. The molecule has 0 spiro atoms. The zero-order chi connectivity index (χ0) is 16.9. The van der Waals surface area contributed by atoms with E-state index in [1.807, 2.05) is 19.1 Å². The summed E-state index contributed by atoms with van der Waals surface area (Å²) < 4.78 is 5.62. The smallest absolute Gasteiger partial charge is 0.273 e. The lowest BCUT2D eigenvalue weighted by molar-refractivity contribution is 0.0926. The number of aromatic hydroxyl groups is 1. The maximum atomic E-state index is 12.1. The average Bonchev–Trinajstić information content (AvgIpc) is 2.99. The van der Waals surface area contributed by atoms with Crippen molar-refractivity contribution in [3.63, 3.8) is 0 Å². The molecule has 0 unspecified atom stereocenters. The molecule has 3 heterocycles. The molecule has 24 heavy (non-hydrogen) atoms. The molecule has 1 aliphatic heterocycles. The number of hydrogen-bond acceptors (Lipinski definition) is 5. The van der Waals surface area contributed by atoms with E-state index in [1.165, 1.54) is 12.3 Å². The third-order valence-electron chi connectivity index (χ3n) is 4.44. The standard InChI is InChI=1S/C18H23N3O3/c1-13-4-5-15(24-13)12-21-9-6-14(7-10-21)11-20-18(23)17-16(22)3-2-8-19-17/h2-5,8,14,22H,6-7,9-12H2,1H3,(H,20,23). The summed E-state index contributed by atoms with van der Waals surface area (Å²) >= 11 is 0. The van der Waals surface area contributed by atoms with Crippen molar-refractivity contribution in [1.29, 1.82) is 0 Å². The van der Waals surface area contributed by atoms with Gasteiger partial charge in [-0.3, -0.25) is 9.69 Å². The van der Waals surface area contributed by atoms with Crippen LogP contribution in [0.4, 0.5) is 0 Å². The summed E-state index contributed by atoms with van der Waals surface area (Å²) in [6.07, 6.45) is 3.58. The molecule has 0 bridgehead atoms. The lowest BCUT2D eigenvalue weighted by Crippen LogP contribution is -2.38. The monoisotopic (exact) mass is 329 g/mol. The molecule has 1 amide bonds. The summed E-state index contributed by atoms with van der Waals surface area (Å²) in [5.41, 5.74) is 0.0862. The van der Waals surface area contributed by atoms with E-state index in [4.69, 9.17) is 4.42 Å². The number of aryl methyl sites for hydroxylation is 1. The maximum absolute atomic E-state index is 12.1. The Bertz CT molecular complexity index is 690. The molecule has 2 aromatic rings. The van der Waals surface area contributed by atoms with Gasteiger partial charge in [0.2, 0.25) is 0 Å². The first kappa shape index (κ1) is 16.5. The minimum atomic E-state index is -0.318. The van der Waals surface area contributed by atoms with Crippen LogP contribution in [0.15, 0.2) is 34.9 Å². The number of amides is 1. The van der Waals surface area contributed by atoms with E-state index in [2.05, 4.69) is 15.2 Å². The zero-order valence-corrected chi connectivity index (χ0v) is 13.9. The first-order valence-electron chi connectivity index (χ1n) is 8.31. The second kappa shape index (κ2) is 7.49. The van der Waals surface area contributed by atoms with E-state index < -0.39 is 0 Å². The van der Waals surface area contributed by atoms with E-state index in [9.17, 15) is 9.90 Å². The highest BCUT2D eigenvalue weighted by Crippen LogP contribution is 2.20. The molecule has 1 saturated heterocycles. The van der Waals surface area contributed by atoms with Gasteiger partial charge in [0.05, 0.1) is 6.54 Å². The summed E-state index contributed by atoms with van der Waals surface area (Å²) in [4.78, 5) is 18.4. The van der Waals surface area contributed by atoms with E-state index in [1.54, 1.807) is 6.07 Å². The second-order valence-corrected chi connectivity index (χ2v) is 6.31. The van der Waals surface area contributed by atoms with Crippen LogP contribution in [0.25, 0.3) is 0 Å². The van der Waals surface area contributed by atoms with Gasteiger partial charge in [-0.25, -0.2) is 4.98 Å². The number of likely N-dealkylation sites (tertiary alicyclic amines) is 1. The van der Waals surface area contributed by atoms with Crippen molar-refractivity contribution in [2.45, 2.75) is 26.3 Å². The highest BCUT2D eigenvalue weighted by molar-refractivity contribution is 5.94. The Labute approximate surface area is 141 Å². The summed E-state index contributed by atoms with van der Waals surface area (Å²) in [5.74, 6) is 2.00. The van der Waals surface area contributed by atoms with Gasteiger partial charge in [0.25, 0.3) is 5.91 Å². The van der Waals surface area contributed by atoms with Gasteiger partial charge in [-0.05, 0) is 63.0 Å². The summed E-state index contributed by atoms with van der Waals surface area (Å²) in [7, 11) is 0. The van der Waals surface area contributed by atoms with E-state index in [0.29, 0.717) is 12.5 Å². The Kier molecular flexibility index (Phi) is 5.15. The number of nitrogens with zero attached hydrogens (tertiary/aromatic N) is 2. The van der Waals surface area contributed by atoms with Crippen molar-refractivity contribution in [1.82, 2.24) is 15.2 Å². The van der Waals surface area contributed by atoms with E-state index in [-0.39, 0.29) is 17.4 Å². The highest BCUT2D eigenvalue weighted by Gasteiger charge is 2.21. The fourth-order valence-corrected chi connectivity index (χ4v) is 3.03. The SMILES string of the molecule is Cc1ccc(CN2CCC(CNC(=O)c3ncccc3O)CC2)o1. The largest absolute Gasteiger partial charge is 0.505 e. The van der Waals surface area contributed by atoms with Gasteiger partial charge in [0, 0.05) is 12.7 Å². The molecule has 3 rings (SSSR count). The fraction of sp³-hybridized carbons (Fsp3) is 0.444. The number of carbonyl (C=O) groups is 1. The highest BCUT2D eigenvalue weighted by atomic mass is 16.3. The quantitative estimate of drug-likeness (QED) is 0.880. The minimum absolute atomic E-state index is 0.0847. The molecule has 0 aliphatic carbocycles. The summed E-state index contributed by atoms with van der Waals surface area (Å²) in [6.45, 7) is 5.40. The fourth-order valence-electron chi connectivity index (χ4n) is 3.03. The number of piperidine rings is 1. The first-order chi connectivity index (χ1) is 11.6. The molecule has 6 heteroatoms. The van der Waals surface area contributed by atoms with Crippen molar-refractivity contribution in [2.75, 3.05) is 19.6 Å². The van der Waals surface area contributed by atoms with E-state index >= 15 is 0 Å². The first-order valence-corrected chi connectivity index (χ1v) is 8.31. The van der Waals surface area contributed by atoms with Crippen LogP contribution in [0.2, 0.25) is 0 Å². The molecule has 0 radical (unpaired) electrons. The number of hydrogen-bond donors (Lipinski definition) is 2. The van der Waals surface area contributed by atoms with Crippen molar-refractivity contribution in [3.8, 4) is 5.75 Å². The molecule has 2 N–H and O–H groups in total. The van der Waals surface area contributed by atoms with Crippen molar-refractivity contribution < 1.29 is 14.3 Å². The van der Waals surface area contributed by atoms with Gasteiger partial charge in [0.1, 0.15) is 17.3 Å². The third-order valence-corrected chi connectivity index (χ3v) is 4.44. The van der Waals surface area contributed by atoms with Gasteiger partial charge < -0.3 is 14.8 Å². The van der Waals surface area contributed by atoms with Crippen LogP contribution in [-0.4, -0.2) is 40.5 Å². The molecule has 6 nitrogen and oxygen atoms in total. The molecular formula is C18H23N3O3. The van der Waals surface area contributed by atoms with Crippen LogP contribution >= 0.6 is 0 Å². The molecule has 0 saturated carbocycles. The van der Waals surface area contributed by atoms with Crippen LogP contribution in [0.3, 0.4) is 0 Å². The number of rotatable bonds is 5. The molecule has 128 valence electrons. The molecule has 0 atom stereocenters. The average molecular weight is 329 g/mol. The summed E-state index contributed by atoms with van der Waals surface area (Å²) in [6, 6.07) is 7.09. The number of furan rings is 1. The summed E-state index contributed by atoms with van der Waals surface area (Å²) in [5, 5.41) is 12.5. The Morgan fingerprint density at radius 2 is 2.17 bits per heavy atom. The Hall–Kier alpha value is -2.34. The van der Waals surface area contributed by atoms with Gasteiger partial charge in [-0.1, -0.05) is 0 Å². The topological polar surface area (TPSA) is 78.6 Å². The Morgan fingerprint density at radius 1 is 1.38 bits per heavy atom. The van der Waals surface area contributed by atoms with Crippen molar-refractivity contribution in [2.24, 2.45) is 5.92 Å². The number of nitrogens with one attached hydrogen (secondary N) is 1. The number of aromatic nitrogens is 1. The molecular weight excluding hydrogens is 306 g/mol. The third kappa shape index (κ3) is 4.14. The van der Waals surface area contributed by atoms with Crippen LogP contribution < -0.4 is 5.32 Å². The van der Waals surface area contributed by atoms with Gasteiger partial charge in [-0.15, -0.1) is 0 Å². The van der Waals surface area contributed by atoms with Crippen molar-refractivity contribution >= 4 is 5.91 Å². The predicted molar refractivity (Wildman–Crippen MR) is 89.7 cm³/mol. The number of carbonyl (C=O) groups excluding carboxylic acids is 1. The molecule has 1 aliphatic rings. The van der Waals surface area contributed by atoms with Gasteiger partial charge in [0.15, 0.2) is 5.69 Å². The Balaban J connectivity index is 1.42. The molecule has 2 aromatic heterocycles. The minimum Gasteiger partial charge on any atom is -0.505 e. The number of pyridine rings is 1. The van der Waals surface area contributed by atoms with Crippen LogP contribution in [0.5, 0.6) is 5.75 Å². The van der Waals surface area contributed by atoms with Gasteiger partial charge >= 0.3 is 0 Å².